The maximum absolute atomic E-state index is 11.9. The molecule has 0 aliphatic heterocycles. The number of hydrogen-bond donors (Lipinski definition) is 2. The van der Waals surface area contributed by atoms with Crippen molar-refractivity contribution in [2.75, 3.05) is 6.54 Å². The van der Waals surface area contributed by atoms with E-state index in [-0.39, 0.29) is 5.91 Å². The second-order valence-electron chi connectivity index (χ2n) is 4.49. The first-order valence-corrected chi connectivity index (χ1v) is 7.45. The van der Waals surface area contributed by atoms with Crippen LogP contribution in [0.5, 0.6) is 0 Å². The van der Waals surface area contributed by atoms with Crippen LogP contribution in [0.2, 0.25) is 0 Å². The van der Waals surface area contributed by atoms with Gasteiger partial charge in [0.15, 0.2) is 0 Å². The minimum absolute atomic E-state index is 0.0280. The first kappa shape index (κ1) is 15.2. The van der Waals surface area contributed by atoms with Crippen LogP contribution in [-0.2, 0) is 17.8 Å². The molecule has 0 spiro atoms. The molecule has 0 bridgehead atoms. The Morgan fingerprint density at radius 1 is 1.43 bits per heavy atom. The molecule has 21 heavy (non-hydrogen) atoms. The van der Waals surface area contributed by atoms with Crippen LogP contribution >= 0.6 is 11.3 Å². The summed E-state index contributed by atoms with van der Waals surface area (Å²) in [6.45, 7) is 2.82. The quantitative estimate of drug-likeness (QED) is 0.843. The molecule has 0 fully saturated rings. The van der Waals surface area contributed by atoms with E-state index in [9.17, 15) is 4.79 Å². The van der Waals surface area contributed by atoms with Crippen LogP contribution in [0.25, 0.3) is 0 Å². The van der Waals surface area contributed by atoms with Gasteiger partial charge in [-0.2, -0.15) is 0 Å². The second-order valence-corrected chi connectivity index (χ2v) is 5.66. The molecule has 0 aliphatic carbocycles. The number of amides is 1. The van der Waals surface area contributed by atoms with Crippen molar-refractivity contribution in [2.45, 2.75) is 19.9 Å². The van der Waals surface area contributed by atoms with Gasteiger partial charge in [-0.05, 0) is 30.7 Å². The normalized spacial score (nSPS) is 9.81. The van der Waals surface area contributed by atoms with Crippen molar-refractivity contribution in [3.05, 3.63) is 51.5 Å². The van der Waals surface area contributed by atoms with Gasteiger partial charge in [0.25, 0.3) is 0 Å². The number of nitrogens with zero attached hydrogens (tertiary/aromatic N) is 1. The Morgan fingerprint density at radius 3 is 3.05 bits per heavy atom. The minimum Gasteiger partial charge on any atom is -0.351 e. The molecule has 0 atom stereocenters. The SMILES string of the molecule is Cc1cccnc1CC(=O)NCc1ccc(C#CCN)s1. The average molecular weight is 299 g/mol. The molecule has 0 saturated carbocycles. The molecule has 4 nitrogen and oxygen atoms in total. The van der Waals surface area contributed by atoms with Crippen LogP contribution in [0.4, 0.5) is 0 Å². The largest absolute Gasteiger partial charge is 0.351 e. The predicted octanol–water partition coefficient (Wildman–Crippen LogP) is 1.62. The maximum Gasteiger partial charge on any atom is 0.226 e. The molecular formula is C16H17N3OS. The Bertz CT molecular complexity index is 682. The van der Waals surface area contributed by atoms with Crippen molar-refractivity contribution >= 4 is 17.2 Å². The fourth-order valence-electron chi connectivity index (χ4n) is 1.78. The summed E-state index contributed by atoms with van der Waals surface area (Å²) in [5.41, 5.74) is 7.18. The highest BCUT2D eigenvalue weighted by Crippen LogP contribution is 2.15. The molecule has 2 aromatic rings. The number of rotatable bonds is 4. The van der Waals surface area contributed by atoms with Crippen molar-refractivity contribution in [1.29, 1.82) is 0 Å². The number of nitrogens with one attached hydrogen (secondary N) is 1. The molecule has 0 saturated heterocycles. The summed E-state index contributed by atoms with van der Waals surface area (Å²) >= 11 is 1.56. The lowest BCUT2D eigenvalue weighted by Crippen LogP contribution is -2.24. The number of carbonyl (C=O) groups is 1. The summed E-state index contributed by atoms with van der Waals surface area (Å²) in [5, 5.41) is 2.90. The van der Waals surface area contributed by atoms with Crippen molar-refractivity contribution in [2.24, 2.45) is 5.73 Å². The first-order valence-electron chi connectivity index (χ1n) is 6.64. The first-order chi connectivity index (χ1) is 10.2. The topological polar surface area (TPSA) is 68.0 Å². The molecular weight excluding hydrogens is 282 g/mol. The molecule has 2 aromatic heterocycles. The van der Waals surface area contributed by atoms with Gasteiger partial charge in [0.05, 0.1) is 30.1 Å². The van der Waals surface area contributed by atoms with E-state index in [0.29, 0.717) is 19.5 Å². The Morgan fingerprint density at radius 2 is 2.29 bits per heavy atom. The lowest BCUT2D eigenvalue weighted by Gasteiger charge is -2.05. The van der Waals surface area contributed by atoms with Gasteiger partial charge in [-0.3, -0.25) is 9.78 Å². The molecule has 5 heteroatoms. The molecule has 108 valence electrons. The van der Waals surface area contributed by atoms with Crippen LogP contribution in [0, 0.1) is 18.8 Å². The summed E-state index contributed by atoms with van der Waals surface area (Å²) in [6, 6.07) is 7.73. The third kappa shape index (κ3) is 4.71. The van der Waals surface area contributed by atoms with Gasteiger partial charge in [0.2, 0.25) is 5.91 Å². The molecule has 3 N–H and O–H groups in total. The summed E-state index contributed by atoms with van der Waals surface area (Å²) in [5.74, 6) is 5.77. The minimum atomic E-state index is -0.0280. The third-order valence-corrected chi connectivity index (χ3v) is 3.88. The molecule has 1 amide bonds. The van der Waals surface area contributed by atoms with E-state index in [4.69, 9.17) is 5.73 Å². The summed E-state index contributed by atoms with van der Waals surface area (Å²) in [4.78, 5) is 18.2. The van der Waals surface area contributed by atoms with Gasteiger partial charge >= 0.3 is 0 Å². The van der Waals surface area contributed by atoms with Gasteiger partial charge < -0.3 is 11.1 Å². The number of hydrogen-bond acceptors (Lipinski definition) is 4. The molecule has 0 unspecified atom stereocenters. The maximum atomic E-state index is 11.9. The van der Waals surface area contributed by atoms with E-state index < -0.39 is 0 Å². The lowest BCUT2D eigenvalue weighted by molar-refractivity contribution is -0.120. The van der Waals surface area contributed by atoms with Crippen molar-refractivity contribution in [1.82, 2.24) is 10.3 Å². The smallest absolute Gasteiger partial charge is 0.226 e. The van der Waals surface area contributed by atoms with E-state index in [1.165, 1.54) is 0 Å². The lowest BCUT2D eigenvalue weighted by atomic mass is 10.1. The van der Waals surface area contributed by atoms with Gasteiger partial charge in [0.1, 0.15) is 0 Å². The zero-order valence-corrected chi connectivity index (χ0v) is 12.7. The molecule has 0 aliphatic rings. The van der Waals surface area contributed by atoms with E-state index in [2.05, 4.69) is 22.1 Å². The van der Waals surface area contributed by atoms with Crippen molar-refractivity contribution in [3.63, 3.8) is 0 Å². The summed E-state index contributed by atoms with van der Waals surface area (Å²) < 4.78 is 0. The Hall–Kier alpha value is -2.16. The molecule has 2 rings (SSSR count). The Kier molecular flexibility index (Phi) is 5.50. The molecule has 2 heterocycles. The zero-order chi connectivity index (χ0) is 15.1. The summed E-state index contributed by atoms with van der Waals surface area (Å²) in [7, 11) is 0. The van der Waals surface area contributed by atoms with Gasteiger partial charge in [-0.25, -0.2) is 0 Å². The van der Waals surface area contributed by atoms with E-state index in [1.54, 1.807) is 17.5 Å². The highest BCUT2D eigenvalue weighted by Gasteiger charge is 2.07. The van der Waals surface area contributed by atoms with Crippen LogP contribution in [0.3, 0.4) is 0 Å². The van der Waals surface area contributed by atoms with Gasteiger partial charge in [0, 0.05) is 11.1 Å². The number of pyridine rings is 1. The highest BCUT2D eigenvalue weighted by atomic mass is 32.1. The monoisotopic (exact) mass is 299 g/mol. The molecule has 0 radical (unpaired) electrons. The van der Waals surface area contributed by atoms with Crippen molar-refractivity contribution in [3.8, 4) is 11.8 Å². The number of thiophene rings is 1. The fraction of sp³-hybridized carbons (Fsp3) is 0.250. The average Bonchev–Trinajstić information content (AvgIpc) is 2.93. The Labute approximate surface area is 128 Å². The van der Waals surface area contributed by atoms with Crippen LogP contribution in [0.15, 0.2) is 30.5 Å². The van der Waals surface area contributed by atoms with Crippen LogP contribution in [-0.4, -0.2) is 17.4 Å². The number of carbonyl (C=O) groups excluding carboxylic acids is 1. The highest BCUT2D eigenvalue weighted by molar-refractivity contribution is 7.12. The van der Waals surface area contributed by atoms with Crippen LogP contribution in [0.1, 0.15) is 21.0 Å². The predicted molar refractivity (Wildman–Crippen MR) is 84.8 cm³/mol. The van der Waals surface area contributed by atoms with Crippen LogP contribution < -0.4 is 11.1 Å². The second kappa shape index (κ2) is 7.58. The zero-order valence-electron chi connectivity index (χ0n) is 11.8. The third-order valence-electron chi connectivity index (χ3n) is 2.88. The van der Waals surface area contributed by atoms with E-state index in [0.717, 1.165) is 21.0 Å². The van der Waals surface area contributed by atoms with E-state index in [1.807, 2.05) is 31.2 Å². The number of aryl methyl sites for hydroxylation is 1. The summed E-state index contributed by atoms with van der Waals surface area (Å²) in [6.07, 6.45) is 2.01. The Balaban J connectivity index is 1.87. The molecule has 0 aromatic carbocycles. The van der Waals surface area contributed by atoms with Crippen molar-refractivity contribution < 1.29 is 4.79 Å². The number of aromatic nitrogens is 1. The standard InChI is InChI=1S/C16H17N3OS/c1-12-4-3-9-18-15(12)10-16(20)19-11-14-7-6-13(21-14)5-2-8-17/h3-4,6-7,9H,8,10-11,17H2,1H3,(H,19,20). The number of nitrogens with two attached hydrogens (primary N) is 1. The van der Waals surface area contributed by atoms with Gasteiger partial charge in [-0.1, -0.05) is 17.9 Å². The fourth-order valence-corrected chi connectivity index (χ4v) is 2.60. The van der Waals surface area contributed by atoms with Gasteiger partial charge in [-0.15, -0.1) is 11.3 Å². The van der Waals surface area contributed by atoms with E-state index >= 15 is 0 Å².